The molecule has 7 heteroatoms. The summed E-state index contributed by atoms with van der Waals surface area (Å²) in [5, 5.41) is 6.82. The Labute approximate surface area is 189 Å². The number of guanidine groups is 1. The number of benzene rings is 2. The smallest absolute Gasteiger partial charge is 0.220 e. The van der Waals surface area contributed by atoms with Crippen LogP contribution in [0.3, 0.4) is 0 Å². The quantitative estimate of drug-likeness (QED) is 0.505. The van der Waals surface area contributed by atoms with Crippen molar-refractivity contribution in [2.75, 3.05) is 27.2 Å². The zero-order valence-corrected chi connectivity index (χ0v) is 19.0. The van der Waals surface area contributed by atoms with Gasteiger partial charge in [-0.25, -0.2) is 0 Å². The summed E-state index contributed by atoms with van der Waals surface area (Å²) in [6, 6.07) is 15.7. The van der Waals surface area contributed by atoms with Crippen molar-refractivity contribution in [3.05, 3.63) is 64.7 Å². The van der Waals surface area contributed by atoms with Crippen molar-refractivity contribution in [1.29, 1.82) is 0 Å². The molecule has 0 saturated carbocycles. The summed E-state index contributed by atoms with van der Waals surface area (Å²) in [7, 11) is 3.51. The van der Waals surface area contributed by atoms with Gasteiger partial charge in [-0.1, -0.05) is 48.0 Å². The van der Waals surface area contributed by atoms with E-state index < -0.39 is 0 Å². The maximum Gasteiger partial charge on any atom is 0.220 e. The molecule has 1 aliphatic rings. The number of nitrogens with one attached hydrogen (secondary N) is 2. The maximum absolute atomic E-state index is 11.6. The molecule has 0 radical (unpaired) electrons. The Balaban J connectivity index is 1.54. The maximum atomic E-state index is 11.6. The van der Waals surface area contributed by atoms with Crippen LogP contribution in [0.15, 0.2) is 53.5 Å². The van der Waals surface area contributed by atoms with Crippen LogP contribution < -0.4 is 15.4 Å². The second kappa shape index (κ2) is 11.6. The minimum Gasteiger partial charge on any atom is -0.487 e. The van der Waals surface area contributed by atoms with Gasteiger partial charge in [0.15, 0.2) is 5.96 Å². The van der Waals surface area contributed by atoms with E-state index in [2.05, 4.69) is 32.7 Å². The fourth-order valence-electron chi connectivity index (χ4n) is 3.81. The van der Waals surface area contributed by atoms with Crippen molar-refractivity contribution in [3.63, 3.8) is 0 Å². The summed E-state index contributed by atoms with van der Waals surface area (Å²) in [4.78, 5) is 18.4. The summed E-state index contributed by atoms with van der Waals surface area (Å²) < 4.78 is 5.93. The number of halogens is 1. The number of likely N-dealkylation sites (tertiary alicyclic amines) is 1. The van der Waals surface area contributed by atoms with E-state index in [0.717, 1.165) is 43.0 Å². The Bertz CT molecular complexity index is 895. The van der Waals surface area contributed by atoms with Gasteiger partial charge in [0.05, 0.1) is 5.02 Å². The Morgan fingerprint density at radius 1 is 1.13 bits per heavy atom. The largest absolute Gasteiger partial charge is 0.487 e. The average Bonchev–Trinajstić information content (AvgIpc) is 2.80. The first-order valence-corrected chi connectivity index (χ1v) is 11.1. The van der Waals surface area contributed by atoms with Crippen LogP contribution in [0.2, 0.25) is 5.02 Å². The number of para-hydroxylation sites is 1. The molecule has 0 bridgehead atoms. The molecule has 0 aromatic heterocycles. The highest BCUT2D eigenvalue weighted by atomic mass is 35.5. The first kappa shape index (κ1) is 22.9. The number of hydrogen-bond acceptors (Lipinski definition) is 3. The molecule has 1 amide bonds. The van der Waals surface area contributed by atoms with Crippen molar-refractivity contribution < 1.29 is 9.53 Å². The van der Waals surface area contributed by atoms with Crippen molar-refractivity contribution in [3.8, 4) is 5.75 Å². The molecule has 1 saturated heterocycles. The minimum atomic E-state index is 0.122. The van der Waals surface area contributed by atoms with Crippen molar-refractivity contribution in [2.24, 2.45) is 10.9 Å². The van der Waals surface area contributed by atoms with E-state index in [1.165, 1.54) is 0 Å². The van der Waals surface area contributed by atoms with E-state index in [1.54, 1.807) is 7.05 Å². The van der Waals surface area contributed by atoms with Gasteiger partial charge in [-0.3, -0.25) is 9.79 Å². The minimum absolute atomic E-state index is 0.122. The molecule has 1 heterocycles. The van der Waals surface area contributed by atoms with Gasteiger partial charge < -0.3 is 20.3 Å². The molecule has 0 aliphatic carbocycles. The highest BCUT2D eigenvalue weighted by Gasteiger charge is 2.23. The van der Waals surface area contributed by atoms with Crippen LogP contribution in [-0.4, -0.2) is 44.0 Å². The number of carbonyl (C=O) groups is 1. The number of piperidine rings is 1. The summed E-state index contributed by atoms with van der Waals surface area (Å²) in [5.41, 5.74) is 2.26. The highest BCUT2D eigenvalue weighted by molar-refractivity contribution is 6.32. The normalized spacial score (nSPS) is 14.9. The molecule has 31 heavy (non-hydrogen) atoms. The van der Waals surface area contributed by atoms with Gasteiger partial charge in [0, 0.05) is 40.2 Å². The zero-order chi connectivity index (χ0) is 22.1. The number of aliphatic imine (C=N–C) groups is 1. The fraction of sp³-hybridized carbons (Fsp3) is 0.417. The highest BCUT2D eigenvalue weighted by Crippen LogP contribution is 2.25. The first-order valence-electron chi connectivity index (χ1n) is 10.7. The third kappa shape index (κ3) is 6.62. The van der Waals surface area contributed by atoms with E-state index in [1.807, 2.05) is 43.4 Å². The van der Waals surface area contributed by atoms with Gasteiger partial charge in [0.1, 0.15) is 12.4 Å². The number of nitrogens with zero attached hydrogens (tertiary/aromatic N) is 2. The number of rotatable bonds is 7. The molecule has 3 rings (SSSR count). The Kier molecular flexibility index (Phi) is 8.59. The van der Waals surface area contributed by atoms with Crippen LogP contribution in [0.5, 0.6) is 5.75 Å². The van der Waals surface area contributed by atoms with Crippen LogP contribution in [0, 0.1) is 5.92 Å². The summed E-state index contributed by atoms with van der Waals surface area (Å²) >= 11 is 6.20. The topological polar surface area (TPSA) is 66.0 Å². The summed E-state index contributed by atoms with van der Waals surface area (Å²) in [6.45, 7) is 2.91. The second-order valence-electron chi connectivity index (χ2n) is 7.70. The molecule has 2 N–H and O–H groups in total. The lowest BCUT2D eigenvalue weighted by Gasteiger charge is -2.34. The van der Waals surface area contributed by atoms with Gasteiger partial charge in [0.2, 0.25) is 5.91 Å². The van der Waals surface area contributed by atoms with Crippen molar-refractivity contribution in [2.45, 2.75) is 32.4 Å². The van der Waals surface area contributed by atoms with Gasteiger partial charge >= 0.3 is 0 Å². The number of carbonyl (C=O) groups excluding carboxylic acids is 1. The van der Waals surface area contributed by atoms with Crippen LogP contribution >= 0.6 is 11.6 Å². The molecule has 1 fully saturated rings. The standard InChI is InChI=1S/C24H31ClN4O2/c1-26-23(30)15-18-11-13-29(14-12-18)24(27-2)28-16-19-7-3-4-8-20(19)17-31-22-10-6-5-9-21(22)25/h3-10,18H,11-17H2,1-2H3,(H,26,30)(H,27,28). The molecule has 0 spiro atoms. The summed E-state index contributed by atoms with van der Waals surface area (Å²) in [6.07, 6.45) is 2.60. The van der Waals surface area contributed by atoms with Crippen LogP contribution in [0.25, 0.3) is 0 Å². The lowest BCUT2D eigenvalue weighted by Crippen LogP contribution is -2.45. The predicted molar refractivity (Wildman–Crippen MR) is 125 cm³/mol. The SMILES string of the molecule is CN=C(NCc1ccccc1COc1ccccc1Cl)N1CCC(CC(=O)NC)CC1. The molecular weight excluding hydrogens is 412 g/mol. The average molecular weight is 443 g/mol. The lowest BCUT2D eigenvalue weighted by molar-refractivity contribution is -0.121. The van der Waals surface area contributed by atoms with E-state index in [-0.39, 0.29) is 5.91 Å². The third-order valence-electron chi connectivity index (χ3n) is 5.65. The monoisotopic (exact) mass is 442 g/mol. The molecule has 0 unspecified atom stereocenters. The number of ether oxygens (including phenoxy) is 1. The van der Waals surface area contributed by atoms with Gasteiger partial charge in [-0.2, -0.15) is 0 Å². The lowest BCUT2D eigenvalue weighted by atomic mass is 9.93. The second-order valence-corrected chi connectivity index (χ2v) is 8.10. The number of amides is 1. The van der Waals surface area contributed by atoms with Gasteiger partial charge in [0.25, 0.3) is 0 Å². The first-order chi connectivity index (χ1) is 15.1. The van der Waals surface area contributed by atoms with Gasteiger partial charge in [-0.15, -0.1) is 0 Å². The molecule has 0 atom stereocenters. The fourth-order valence-corrected chi connectivity index (χ4v) is 4.00. The Hall–Kier alpha value is -2.73. The third-order valence-corrected chi connectivity index (χ3v) is 5.97. The van der Waals surface area contributed by atoms with Crippen LogP contribution in [-0.2, 0) is 17.9 Å². The van der Waals surface area contributed by atoms with E-state index in [4.69, 9.17) is 16.3 Å². The molecule has 2 aromatic carbocycles. The molecule has 1 aliphatic heterocycles. The van der Waals surface area contributed by atoms with E-state index >= 15 is 0 Å². The number of hydrogen-bond donors (Lipinski definition) is 2. The van der Waals surface area contributed by atoms with Crippen LogP contribution in [0.1, 0.15) is 30.4 Å². The Morgan fingerprint density at radius 2 is 1.81 bits per heavy atom. The predicted octanol–water partition coefficient (Wildman–Crippen LogP) is 3.84. The Morgan fingerprint density at radius 3 is 2.48 bits per heavy atom. The zero-order valence-electron chi connectivity index (χ0n) is 18.2. The van der Waals surface area contributed by atoms with E-state index in [9.17, 15) is 4.79 Å². The molecule has 6 nitrogen and oxygen atoms in total. The molecule has 166 valence electrons. The molecular formula is C24H31ClN4O2. The summed E-state index contributed by atoms with van der Waals surface area (Å²) in [5.74, 6) is 2.14. The van der Waals surface area contributed by atoms with Gasteiger partial charge in [-0.05, 0) is 42.0 Å². The molecule has 2 aromatic rings. The van der Waals surface area contributed by atoms with Crippen molar-refractivity contribution in [1.82, 2.24) is 15.5 Å². The van der Waals surface area contributed by atoms with Crippen molar-refractivity contribution >= 4 is 23.5 Å². The van der Waals surface area contributed by atoms with E-state index in [0.29, 0.717) is 36.3 Å². The van der Waals surface area contributed by atoms with Crippen LogP contribution in [0.4, 0.5) is 0 Å².